The van der Waals surface area contributed by atoms with Crippen LogP contribution < -0.4 is 9.88 Å². The summed E-state index contributed by atoms with van der Waals surface area (Å²) in [6.45, 7) is 0. The number of aromatic nitrogens is 1. The molecule has 2 N–H and O–H groups in total. The molecule has 6 nitrogen and oxygen atoms in total. The highest BCUT2D eigenvalue weighted by Gasteiger charge is 2.25. The molecular formula is C9H10N2O4S. The van der Waals surface area contributed by atoms with E-state index < -0.39 is 10.0 Å². The molecule has 1 aromatic rings. The van der Waals surface area contributed by atoms with Gasteiger partial charge in [0.25, 0.3) is 0 Å². The van der Waals surface area contributed by atoms with Crippen LogP contribution in [0.25, 0.3) is 0 Å². The van der Waals surface area contributed by atoms with Gasteiger partial charge in [0.2, 0.25) is 10.0 Å². The molecule has 0 radical (unpaired) electrons. The van der Waals surface area contributed by atoms with Gasteiger partial charge in [-0.25, -0.2) is 18.5 Å². The first kappa shape index (κ1) is 11.0. The Morgan fingerprint density at radius 1 is 1.50 bits per heavy atom. The number of hydrogen-bond donors (Lipinski definition) is 1. The van der Waals surface area contributed by atoms with Crippen LogP contribution in [0, 0.1) is 0 Å². The lowest BCUT2D eigenvalue weighted by atomic mass is 10.3. The number of rotatable bonds is 4. The summed E-state index contributed by atoms with van der Waals surface area (Å²) in [6, 6.07) is 1.23. The van der Waals surface area contributed by atoms with E-state index in [1.807, 2.05) is 0 Å². The minimum absolute atomic E-state index is 0.0521. The number of ether oxygens (including phenoxy) is 1. The highest BCUT2D eigenvalue weighted by Crippen LogP contribution is 2.29. The van der Waals surface area contributed by atoms with Gasteiger partial charge in [0, 0.05) is 12.3 Å². The van der Waals surface area contributed by atoms with Crippen molar-refractivity contribution in [1.29, 1.82) is 0 Å². The molecular weight excluding hydrogens is 232 g/mol. The van der Waals surface area contributed by atoms with Crippen molar-refractivity contribution in [2.75, 3.05) is 0 Å². The number of primary sulfonamides is 1. The molecule has 0 saturated heterocycles. The lowest BCUT2D eigenvalue weighted by Gasteiger charge is -2.07. The summed E-state index contributed by atoms with van der Waals surface area (Å²) in [4.78, 5) is 14.2. The van der Waals surface area contributed by atoms with Crippen molar-refractivity contribution in [3.05, 3.63) is 18.0 Å². The molecule has 86 valence electrons. The zero-order valence-corrected chi connectivity index (χ0v) is 9.11. The number of hydrogen-bond acceptors (Lipinski definition) is 5. The van der Waals surface area contributed by atoms with Gasteiger partial charge in [-0.3, -0.25) is 4.79 Å². The van der Waals surface area contributed by atoms with Crippen LogP contribution in [0.15, 0.2) is 17.2 Å². The fourth-order valence-electron chi connectivity index (χ4n) is 1.14. The summed E-state index contributed by atoms with van der Waals surface area (Å²) in [5.74, 6) is 0.170. The predicted octanol–water partition coefficient (Wildman–Crippen LogP) is 0.0827. The van der Waals surface area contributed by atoms with Gasteiger partial charge < -0.3 is 4.74 Å². The zero-order chi connectivity index (χ0) is 11.8. The van der Waals surface area contributed by atoms with Gasteiger partial charge in [-0.1, -0.05) is 0 Å². The Hall–Kier alpha value is -1.47. The summed E-state index contributed by atoms with van der Waals surface area (Å²) < 4.78 is 27.5. The Balaban J connectivity index is 2.41. The van der Waals surface area contributed by atoms with E-state index in [2.05, 4.69) is 4.98 Å². The van der Waals surface area contributed by atoms with E-state index in [-0.39, 0.29) is 22.4 Å². The number of sulfonamides is 1. The van der Waals surface area contributed by atoms with Crippen molar-refractivity contribution in [2.45, 2.75) is 23.8 Å². The maximum absolute atomic E-state index is 11.1. The Labute approximate surface area is 92.5 Å². The second-order valence-corrected chi connectivity index (χ2v) is 5.10. The Kier molecular flexibility index (Phi) is 2.64. The maximum atomic E-state index is 11.1. The minimum atomic E-state index is -3.82. The molecule has 16 heavy (non-hydrogen) atoms. The predicted molar refractivity (Wildman–Crippen MR) is 54.6 cm³/mol. The van der Waals surface area contributed by atoms with Crippen molar-refractivity contribution < 1.29 is 17.9 Å². The standard InChI is InChI=1S/C9H10N2O4S/c10-16(13,14)7-3-9(15-6-1-2-6)8(5-12)11-4-7/h3-6H,1-2H2,(H2,10,13,14). The van der Waals surface area contributed by atoms with Crippen molar-refractivity contribution in [3.63, 3.8) is 0 Å². The van der Waals surface area contributed by atoms with E-state index in [0.717, 1.165) is 19.0 Å². The summed E-state index contributed by atoms with van der Waals surface area (Å²) in [6.07, 6.45) is 3.41. The van der Waals surface area contributed by atoms with Gasteiger partial charge in [0.1, 0.15) is 16.3 Å². The molecule has 0 amide bonds. The molecule has 1 aliphatic rings. The van der Waals surface area contributed by atoms with Crippen molar-refractivity contribution in [3.8, 4) is 5.75 Å². The monoisotopic (exact) mass is 242 g/mol. The van der Waals surface area contributed by atoms with E-state index in [0.29, 0.717) is 6.29 Å². The van der Waals surface area contributed by atoms with Crippen LogP contribution in [-0.4, -0.2) is 25.8 Å². The highest BCUT2D eigenvalue weighted by molar-refractivity contribution is 7.89. The lowest BCUT2D eigenvalue weighted by molar-refractivity contribution is 0.111. The van der Waals surface area contributed by atoms with Crippen LogP contribution in [0.2, 0.25) is 0 Å². The topological polar surface area (TPSA) is 99.4 Å². The van der Waals surface area contributed by atoms with Gasteiger partial charge in [0.15, 0.2) is 6.29 Å². The van der Waals surface area contributed by atoms with E-state index in [9.17, 15) is 13.2 Å². The highest BCUT2D eigenvalue weighted by atomic mass is 32.2. The largest absolute Gasteiger partial charge is 0.488 e. The second-order valence-electron chi connectivity index (χ2n) is 3.53. The van der Waals surface area contributed by atoms with Crippen LogP contribution in [0.1, 0.15) is 23.3 Å². The first-order valence-electron chi connectivity index (χ1n) is 4.65. The fraction of sp³-hybridized carbons (Fsp3) is 0.333. The molecule has 0 bridgehead atoms. The number of nitrogens with zero attached hydrogens (tertiary/aromatic N) is 1. The summed E-state index contributed by atoms with van der Waals surface area (Å²) >= 11 is 0. The first-order valence-corrected chi connectivity index (χ1v) is 6.20. The van der Waals surface area contributed by atoms with Crippen LogP contribution >= 0.6 is 0 Å². The summed E-state index contributed by atoms with van der Waals surface area (Å²) in [5.41, 5.74) is 0.0827. The lowest BCUT2D eigenvalue weighted by Crippen LogP contribution is -2.13. The van der Waals surface area contributed by atoms with E-state index in [1.165, 1.54) is 6.07 Å². The normalized spacial score (nSPS) is 15.8. The van der Waals surface area contributed by atoms with Gasteiger partial charge in [-0.2, -0.15) is 0 Å². The molecule has 7 heteroatoms. The van der Waals surface area contributed by atoms with Crippen molar-refractivity contribution >= 4 is 16.3 Å². The third-order valence-electron chi connectivity index (χ3n) is 2.11. The Morgan fingerprint density at radius 2 is 2.19 bits per heavy atom. The molecule has 1 saturated carbocycles. The first-order chi connectivity index (χ1) is 7.50. The van der Waals surface area contributed by atoms with Gasteiger partial charge in [0.05, 0.1) is 6.10 Å². The molecule has 0 aromatic carbocycles. The second kappa shape index (κ2) is 3.84. The fourth-order valence-corrected chi connectivity index (χ4v) is 1.61. The van der Waals surface area contributed by atoms with Crippen molar-refractivity contribution in [1.82, 2.24) is 4.98 Å². The average molecular weight is 242 g/mol. The van der Waals surface area contributed by atoms with Crippen LogP contribution in [0.3, 0.4) is 0 Å². The molecule has 1 fully saturated rings. The van der Waals surface area contributed by atoms with Crippen molar-refractivity contribution in [2.24, 2.45) is 5.14 Å². The number of pyridine rings is 1. The smallest absolute Gasteiger partial charge is 0.239 e. The molecule has 1 aliphatic carbocycles. The minimum Gasteiger partial charge on any atom is -0.488 e. The molecule has 0 aliphatic heterocycles. The average Bonchev–Trinajstić information content (AvgIpc) is 3.00. The third-order valence-corrected chi connectivity index (χ3v) is 3.00. The quantitative estimate of drug-likeness (QED) is 0.754. The van der Waals surface area contributed by atoms with Crippen LogP contribution in [0.4, 0.5) is 0 Å². The number of carbonyl (C=O) groups excluding carboxylic acids is 1. The van der Waals surface area contributed by atoms with E-state index in [4.69, 9.17) is 9.88 Å². The number of carbonyl (C=O) groups is 1. The van der Waals surface area contributed by atoms with Gasteiger partial charge in [-0.05, 0) is 12.8 Å². The van der Waals surface area contributed by atoms with Gasteiger partial charge in [-0.15, -0.1) is 0 Å². The number of nitrogens with two attached hydrogens (primary N) is 1. The molecule has 0 unspecified atom stereocenters. The van der Waals surface area contributed by atoms with E-state index in [1.54, 1.807) is 0 Å². The molecule has 1 heterocycles. The zero-order valence-electron chi connectivity index (χ0n) is 8.29. The molecule has 0 atom stereocenters. The van der Waals surface area contributed by atoms with E-state index >= 15 is 0 Å². The SMILES string of the molecule is NS(=O)(=O)c1cnc(C=O)c(OC2CC2)c1. The molecule has 1 aromatic heterocycles. The van der Waals surface area contributed by atoms with Crippen LogP contribution in [-0.2, 0) is 10.0 Å². The Bertz CT molecular complexity index is 522. The molecule has 2 rings (SSSR count). The van der Waals surface area contributed by atoms with Crippen LogP contribution in [0.5, 0.6) is 5.75 Å². The maximum Gasteiger partial charge on any atom is 0.239 e. The van der Waals surface area contributed by atoms with Gasteiger partial charge >= 0.3 is 0 Å². The number of aldehydes is 1. The Morgan fingerprint density at radius 3 is 2.69 bits per heavy atom. The molecule has 0 spiro atoms. The summed E-state index contributed by atoms with van der Waals surface area (Å²) in [5, 5.41) is 4.95. The third kappa shape index (κ3) is 2.37. The summed E-state index contributed by atoms with van der Waals surface area (Å²) in [7, 11) is -3.82.